The van der Waals surface area contributed by atoms with Gasteiger partial charge in [-0.15, -0.1) is 0 Å². The molecule has 0 aliphatic heterocycles. The van der Waals surface area contributed by atoms with Crippen molar-refractivity contribution >= 4 is 5.84 Å². The van der Waals surface area contributed by atoms with E-state index in [1.807, 2.05) is 0 Å². The highest BCUT2D eigenvalue weighted by Crippen LogP contribution is 1.92. The molecule has 84 valence electrons. The molecule has 14 heavy (non-hydrogen) atoms. The molecule has 0 heterocycles. The van der Waals surface area contributed by atoms with E-state index in [1.54, 1.807) is 6.92 Å². The minimum absolute atomic E-state index is 0.0820. The highest BCUT2D eigenvalue weighted by atomic mass is 16.5. The first kappa shape index (κ1) is 13.2. The lowest BCUT2D eigenvalue weighted by molar-refractivity contribution is 0.0336. The van der Waals surface area contributed by atoms with Gasteiger partial charge in [-0.3, -0.25) is 0 Å². The van der Waals surface area contributed by atoms with E-state index in [2.05, 4.69) is 12.1 Å². The lowest BCUT2D eigenvalue weighted by atomic mass is 10.4. The first-order valence-electron chi connectivity index (χ1n) is 4.89. The molecule has 5 nitrogen and oxygen atoms in total. The molecule has 0 radical (unpaired) electrons. The van der Waals surface area contributed by atoms with Crippen molar-refractivity contribution in [3.63, 3.8) is 0 Å². The Bertz CT molecular complexity index is 162. The van der Waals surface area contributed by atoms with Crippen LogP contribution >= 0.6 is 0 Å². The second-order valence-electron chi connectivity index (χ2n) is 3.00. The van der Waals surface area contributed by atoms with Crippen LogP contribution in [-0.4, -0.2) is 37.0 Å². The Labute approximate surface area is 84.9 Å². The average molecular weight is 204 g/mol. The second kappa shape index (κ2) is 8.77. The molecule has 3 N–H and O–H groups in total. The highest BCUT2D eigenvalue weighted by Gasteiger charge is 2.06. The maximum atomic E-state index is 8.33. The second-order valence-corrected chi connectivity index (χ2v) is 3.00. The Morgan fingerprint density at radius 2 is 2.14 bits per heavy atom. The van der Waals surface area contributed by atoms with Gasteiger partial charge in [0, 0.05) is 6.61 Å². The van der Waals surface area contributed by atoms with Crippen LogP contribution in [0.3, 0.4) is 0 Å². The van der Waals surface area contributed by atoms with Crippen molar-refractivity contribution in [1.29, 1.82) is 0 Å². The minimum Gasteiger partial charge on any atom is -0.409 e. The van der Waals surface area contributed by atoms with Crippen molar-refractivity contribution in [1.82, 2.24) is 0 Å². The molecule has 0 aromatic rings. The van der Waals surface area contributed by atoms with Gasteiger partial charge in [0.2, 0.25) is 0 Å². The number of ether oxygens (including phenoxy) is 2. The lowest BCUT2D eigenvalue weighted by Crippen LogP contribution is -2.29. The minimum atomic E-state index is -0.366. The summed E-state index contributed by atoms with van der Waals surface area (Å²) >= 11 is 0. The third-order valence-corrected chi connectivity index (χ3v) is 1.77. The number of hydrogen-bond donors (Lipinski definition) is 2. The summed E-state index contributed by atoms with van der Waals surface area (Å²) in [6.45, 7) is 5.60. The third kappa shape index (κ3) is 6.68. The summed E-state index contributed by atoms with van der Waals surface area (Å²) in [4.78, 5) is 0. The number of amidine groups is 1. The Morgan fingerprint density at radius 1 is 1.43 bits per heavy atom. The quantitative estimate of drug-likeness (QED) is 0.203. The largest absolute Gasteiger partial charge is 0.409 e. The molecule has 1 atom stereocenters. The highest BCUT2D eigenvalue weighted by molar-refractivity contribution is 5.83. The summed E-state index contributed by atoms with van der Waals surface area (Å²) in [5.41, 5.74) is 5.31. The predicted octanol–water partition coefficient (Wildman–Crippen LogP) is 0.955. The topological polar surface area (TPSA) is 77.1 Å². The first-order valence-corrected chi connectivity index (χ1v) is 4.89. The van der Waals surface area contributed by atoms with Crippen LogP contribution < -0.4 is 5.73 Å². The van der Waals surface area contributed by atoms with Gasteiger partial charge in [0.1, 0.15) is 6.10 Å². The van der Waals surface area contributed by atoms with Crippen molar-refractivity contribution in [2.24, 2.45) is 10.9 Å². The Balaban J connectivity index is 3.27. The molecule has 1 unspecified atom stereocenters. The molecule has 0 aliphatic carbocycles. The molecule has 0 rings (SSSR count). The summed E-state index contributed by atoms with van der Waals surface area (Å²) in [6, 6.07) is 0. The molecular formula is C9H20N2O3. The first-order chi connectivity index (χ1) is 6.72. The van der Waals surface area contributed by atoms with E-state index < -0.39 is 0 Å². The van der Waals surface area contributed by atoms with E-state index in [-0.39, 0.29) is 11.9 Å². The van der Waals surface area contributed by atoms with Crippen molar-refractivity contribution in [2.75, 3.05) is 19.8 Å². The summed E-state index contributed by atoms with van der Waals surface area (Å²) < 4.78 is 10.5. The van der Waals surface area contributed by atoms with Gasteiger partial charge in [-0.1, -0.05) is 18.5 Å². The number of oxime groups is 1. The number of nitrogens with zero attached hydrogens (tertiary/aromatic N) is 1. The zero-order chi connectivity index (χ0) is 10.8. The van der Waals surface area contributed by atoms with E-state index in [4.69, 9.17) is 20.4 Å². The Kier molecular flexibility index (Phi) is 8.27. The van der Waals surface area contributed by atoms with Gasteiger partial charge in [0.05, 0.1) is 13.2 Å². The monoisotopic (exact) mass is 204 g/mol. The molecule has 0 spiro atoms. The number of hydrogen-bond acceptors (Lipinski definition) is 4. The molecule has 0 aliphatic rings. The predicted molar refractivity (Wildman–Crippen MR) is 54.5 cm³/mol. The van der Waals surface area contributed by atoms with Crippen LogP contribution in [0.15, 0.2) is 5.16 Å². The molecule has 0 amide bonds. The standard InChI is InChI=1S/C9H20N2O3/c1-3-4-5-13-6-7-14-8(2)9(10)11-12/h8,12H,3-7H2,1-2H3,(H2,10,11). The van der Waals surface area contributed by atoms with Crippen LogP contribution in [0, 0.1) is 0 Å². The van der Waals surface area contributed by atoms with Crippen LogP contribution in [-0.2, 0) is 9.47 Å². The Hall–Kier alpha value is -0.810. The van der Waals surface area contributed by atoms with Crippen LogP contribution in [0.4, 0.5) is 0 Å². The van der Waals surface area contributed by atoms with Crippen LogP contribution in [0.25, 0.3) is 0 Å². The van der Waals surface area contributed by atoms with Crippen molar-refractivity contribution in [3.8, 4) is 0 Å². The van der Waals surface area contributed by atoms with Gasteiger partial charge in [0.25, 0.3) is 0 Å². The summed E-state index contributed by atoms with van der Waals surface area (Å²) in [7, 11) is 0. The molecule has 0 saturated carbocycles. The third-order valence-electron chi connectivity index (χ3n) is 1.77. The van der Waals surface area contributed by atoms with Gasteiger partial charge in [0.15, 0.2) is 5.84 Å². The maximum Gasteiger partial charge on any atom is 0.168 e. The summed E-state index contributed by atoms with van der Waals surface area (Å²) in [5.74, 6) is 0.0820. The molecule has 5 heteroatoms. The summed E-state index contributed by atoms with van der Waals surface area (Å²) in [6.07, 6.45) is 1.83. The van der Waals surface area contributed by atoms with Crippen molar-refractivity contribution < 1.29 is 14.7 Å². The van der Waals surface area contributed by atoms with Crippen LogP contribution in [0.1, 0.15) is 26.7 Å². The molecular weight excluding hydrogens is 184 g/mol. The molecule has 0 aromatic carbocycles. The zero-order valence-corrected chi connectivity index (χ0v) is 8.90. The fourth-order valence-electron chi connectivity index (χ4n) is 0.799. The van der Waals surface area contributed by atoms with Crippen molar-refractivity contribution in [2.45, 2.75) is 32.8 Å². The molecule has 0 fully saturated rings. The van der Waals surface area contributed by atoms with Gasteiger partial charge in [-0.25, -0.2) is 0 Å². The lowest BCUT2D eigenvalue weighted by Gasteiger charge is -2.11. The van der Waals surface area contributed by atoms with Gasteiger partial charge < -0.3 is 20.4 Å². The summed E-state index contributed by atoms with van der Waals surface area (Å²) in [5, 5.41) is 11.2. The van der Waals surface area contributed by atoms with Gasteiger partial charge in [-0.2, -0.15) is 0 Å². The van der Waals surface area contributed by atoms with E-state index in [0.717, 1.165) is 19.4 Å². The molecule has 0 aromatic heterocycles. The maximum absolute atomic E-state index is 8.33. The van der Waals surface area contributed by atoms with Gasteiger partial charge >= 0.3 is 0 Å². The normalized spacial score (nSPS) is 14.3. The van der Waals surface area contributed by atoms with Crippen LogP contribution in [0.2, 0.25) is 0 Å². The smallest absolute Gasteiger partial charge is 0.168 e. The zero-order valence-electron chi connectivity index (χ0n) is 8.90. The van der Waals surface area contributed by atoms with E-state index in [9.17, 15) is 0 Å². The van der Waals surface area contributed by atoms with E-state index >= 15 is 0 Å². The van der Waals surface area contributed by atoms with Crippen LogP contribution in [0.5, 0.6) is 0 Å². The van der Waals surface area contributed by atoms with E-state index in [1.165, 1.54) is 0 Å². The Morgan fingerprint density at radius 3 is 2.71 bits per heavy atom. The SMILES string of the molecule is CCCCOCCOC(C)C(N)=NO. The van der Waals surface area contributed by atoms with Gasteiger partial charge in [-0.05, 0) is 13.3 Å². The van der Waals surface area contributed by atoms with E-state index in [0.29, 0.717) is 13.2 Å². The number of rotatable bonds is 8. The fourth-order valence-corrected chi connectivity index (χ4v) is 0.799. The molecule has 0 saturated heterocycles. The average Bonchev–Trinajstić information content (AvgIpc) is 2.21. The fraction of sp³-hybridized carbons (Fsp3) is 0.889. The number of unbranched alkanes of at least 4 members (excludes halogenated alkanes) is 1. The van der Waals surface area contributed by atoms with Crippen molar-refractivity contribution in [3.05, 3.63) is 0 Å². The molecule has 0 bridgehead atoms. The number of nitrogens with two attached hydrogens (primary N) is 1.